The molecule has 0 amide bonds. The summed E-state index contributed by atoms with van der Waals surface area (Å²) in [6.07, 6.45) is 1.32. The van der Waals surface area contributed by atoms with Gasteiger partial charge < -0.3 is 10.8 Å². The Kier molecular flexibility index (Phi) is 5.18. The van der Waals surface area contributed by atoms with Gasteiger partial charge in [-0.15, -0.1) is 0 Å². The van der Waals surface area contributed by atoms with E-state index >= 15 is 0 Å². The van der Waals surface area contributed by atoms with E-state index in [-0.39, 0.29) is 11.4 Å². The van der Waals surface area contributed by atoms with Gasteiger partial charge in [0.2, 0.25) is 10.0 Å². The lowest BCUT2D eigenvalue weighted by Gasteiger charge is -2.23. The SMILES string of the molecule is CCCC(C)(O)CNS(=O)(=O)c1c(C)cc(N)cc1C. The quantitative estimate of drug-likeness (QED) is 0.697. The lowest BCUT2D eigenvalue weighted by atomic mass is 10.0. The van der Waals surface area contributed by atoms with Gasteiger partial charge in [-0.2, -0.15) is 0 Å². The van der Waals surface area contributed by atoms with E-state index < -0.39 is 15.6 Å². The maximum atomic E-state index is 12.4. The number of benzene rings is 1. The molecule has 4 N–H and O–H groups in total. The molecule has 1 atom stereocenters. The zero-order valence-corrected chi connectivity index (χ0v) is 13.3. The van der Waals surface area contributed by atoms with Crippen LogP contribution in [0.5, 0.6) is 0 Å². The molecule has 0 fully saturated rings. The number of hydrogen-bond donors (Lipinski definition) is 3. The summed E-state index contributed by atoms with van der Waals surface area (Å²) in [6.45, 7) is 6.98. The van der Waals surface area contributed by atoms with E-state index in [0.29, 0.717) is 23.2 Å². The summed E-state index contributed by atoms with van der Waals surface area (Å²) in [7, 11) is -3.66. The Morgan fingerprint density at radius 1 is 1.30 bits per heavy atom. The van der Waals surface area contributed by atoms with Crippen LogP contribution in [-0.2, 0) is 10.0 Å². The summed E-state index contributed by atoms with van der Waals surface area (Å²) in [4.78, 5) is 0.235. The zero-order chi connectivity index (χ0) is 15.6. The van der Waals surface area contributed by atoms with Crippen molar-refractivity contribution in [2.24, 2.45) is 0 Å². The van der Waals surface area contributed by atoms with Crippen LogP contribution in [-0.4, -0.2) is 25.7 Å². The topological polar surface area (TPSA) is 92.4 Å². The Hall–Kier alpha value is -1.11. The molecule has 0 bridgehead atoms. The minimum Gasteiger partial charge on any atom is -0.399 e. The standard InChI is InChI=1S/C14H24N2O3S/c1-5-6-14(4,17)9-16-20(18,19)13-10(2)7-12(15)8-11(13)3/h7-8,16-17H,5-6,9,15H2,1-4H3. The van der Waals surface area contributed by atoms with Gasteiger partial charge in [0.15, 0.2) is 0 Å². The summed E-state index contributed by atoms with van der Waals surface area (Å²) in [6, 6.07) is 3.26. The van der Waals surface area contributed by atoms with Crippen LogP contribution in [0.4, 0.5) is 5.69 Å². The van der Waals surface area contributed by atoms with Crippen LogP contribution in [0, 0.1) is 13.8 Å². The molecule has 0 spiro atoms. The van der Waals surface area contributed by atoms with Gasteiger partial charge in [0.25, 0.3) is 0 Å². The lowest BCUT2D eigenvalue weighted by molar-refractivity contribution is 0.0554. The van der Waals surface area contributed by atoms with Crippen LogP contribution in [0.1, 0.15) is 37.8 Å². The molecule has 0 heterocycles. The molecule has 1 aromatic carbocycles. The monoisotopic (exact) mass is 300 g/mol. The second kappa shape index (κ2) is 6.11. The van der Waals surface area contributed by atoms with Gasteiger partial charge >= 0.3 is 0 Å². The fourth-order valence-corrected chi connectivity index (χ4v) is 3.97. The van der Waals surface area contributed by atoms with E-state index in [1.165, 1.54) is 0 Å². The molecular formula is C14H24N2O3S. The summed E-state index contributed by atoms with van der Waals surface area (Å²) in [5.74, 6) is 0. The van der Waals surface area contributed by atoms with Gasteiger partial charge in [0.05, 0.1) is 10.5 Å². The molecule has 0 aromatic heterocycles. The fourth-order valence-electron chi connectivity index (χ4n) is 2.36. The summed E-state index contributed by atoms with van der Waals surface area (Å²) in [5.41, 5.74) is 6.40. The second-order valence-electron chi connectivity index (χ2n) is 5.56. The first-order valence-electron chi connectivity index (χ1n) is 6.68. The van der Waals surface area contributed by atoms with E-state index in [1.807, 2.05) is 6.92 Å². The minimum absolute atomic E-state index is 0.00751. The van der Waals surface area contributed by atoms with Crippen LogP contribution < -0.4 is 10.5 Å². The molecule has 0 saturated carbocycles. The normalized spacial score (nSPS) is 15.1. The van der Waals surface area contributed by atoms with E-state index in [9.17, 15) is 13.5 Å². The van der Waals surface area contributed by atoms with Gasteiger partial charge in [-0.05, 0) is 50.5 Å². The number of aliphatic hydroxyl groups is 1. The number of nitrogens with one attached hydrogen (secondary N) is 1. The maximum Gasteiger partial charge on any atom is 0.241 e. The highest BCUT2D eigenvalue weighted by Gasteiger charge is 2.25. The van der Waals surface area contributed by atoms with E-state index in [2.05, 4.69) is 4.72 Å². The number of anilines is 1. The molecule has 1 rings (SSSR count). The van der Waals surface area contributed by atoms with Crippen molar-refractivity contribution in [1.29, 1.82) is 0 Å². The van der Waals surface area contributed by atoms with Crippen molar-refractivity contribution in [2.75, 3.05) is 12.3 Å². The average Bonchev–Trinajstić information content (AvgIpc) is 2.24. The van der Waals surface area contributed by atoms with Crippen molar-refractivity contribution in [3.05, 3.63) is 23.3 Å². The predicted octanol–water partition coefficient (Wildman–Crippen LogP) is 1.72. The van der Waals surface area contributed by atoms with Crippen molar-refractivity contribution in [1.82, 2.24) is 4.72 Å². The van der Waals surface area contributed by atoms with E-state index in [0.717, 1.165) is 6.42 Å². The molecule has 0 aliphatic heterocycles. The number of nitrogen functional groups attached to an aromatic ring is 1. The minimum atomic E-state index is -3.66. The van der Waals surface area contributed by atoms with Gasteiger partial charge in [-0.1, -0.05) is 13.3 Å². The first-order chi connectivity index (χ1) is 9.09. The first kappa shape index (κ1) is 16.9. The lowest BCUT2D eigenvalue weighted by Crippen LogP contribution is -2.40. The molecule has 6 heteroatoms. The van der Waals surface area contributed by atoms with Gasteiger partial charge in [0.1, 0.15) is 0 Å². The number of sulfonamides is 1. The molecule has 114 valence electrons. The summed E-state index contributed by atoms with van der Waals surface area (Å²) < 4.78 is 27.2. The first-order valence-corrected chi connectivity index (χ1v) is 8.16. The number of aryl methyl sites for hydroxylation is 2. The highest BCUT2D eigenvalue weighted by molar-refractivity contribution is 7.89. The van der Waals surface area contributed by atoms with Crippen LogP contribution in [0.15, 0.2) is 17.0 Å². The van der Waals surface area contributed by atoms with Crippen molar-refractivity contribution >= 4 is 15.7 Å². The third-order valence-corrected chi connectivity index (χ3v) is 4.89. The van der Waals surface area contributed by atoms with Crippen LogP contribution in [0.2, 0.25) is 0 Å². The number of hydrogen-bond acceptors (Lipinski definition) is 4. The molecular weight excluding hydrogens is 276 g/mol. The van der Waals surface area contributed by atoms with Crippen molar-refractivity contribution in [3.63, 3.8) is 0 Å². The molecule has 1 aromatic rings. The van der Waals surface area contributed by atoms with Crippen molar-refractivity contribution < 1.29 is 13.5 Å². The highest BCUT2D eigenvalue weighted by Crippen LogP contribution is 2.23. The highest BCUT2D eigenvalue weighted by atomic mass is 32.2. The van der Waals surface area contributed by atoms with Crippen molar-refractivity contribution in [2.45, 2.75) is 51.0 Å². The molecule has 5 nitrogen and oxygen atoms in total. The largest absolute Gasteiger partial charge is 0.399 e. The van der Waals surface area contributed by atoms with E-state index in [4.69, 9.17) is 5.73 Å². The Balaban J connectivity index is 3.01. The molecule has 0 radical (unpaired) electrons. The van der Waals surface area contributed by atoms with Crippen LogP contribution in [0.3, 0.4) is 0 Å². The molecule has 0 aliphatic rings. The van der Waals surface area contributed by atoms with Crippen molar-refractivity contribution in [3.8, 4) is 0 Å². The zero-order valence-electron chi connectivity index (χ0n) is 12.5. The smallest absolute Gasteiger partial charge is 0.241 e. The summed E-state index contributed by atoms with van der Waals surface area (Å²) >= 11 is 0. The number of rotatable bonds is 6. The van der Waals surface area contributed by atoms with Gasteiger partial charge in [-0.3, -0.25) is 0 Å². The molecule has 1 unspecified atom stereocenters. The van der Waals surface area contributed by atoms with Crippen LogP contribution in [0.25, 0.3) is 0 Å². The molecule has 20 heavy (non-hydrogen) atoms. The molecule has 0 aliphatic carbocycles. The maximum absolute atomic E-state index is 12.4. The fraction of sp³-hybridized carbons (Fsp3) is 0.571. The average molecular weight is 300 g/mol. The third-order valence-electron chi connectivity index (χ3n) is 3.18. The second-order valence-corrected chi connectivity index (χ2v) is 7.26. The van der Waals surface area contributed by atoms with E-state index in [1.54, 1.807) is 32.9 Å². The third kappa shape index (κ3) is 4.19. The van der Waals surface area contributed by atoms with Gasteiger partial charge in [0, 0.05) is 12.2 Å². The number of nitrogens with two attached hydrogens (primary N) is 1. The predicted molar refractivity (Wildman–Crippen MR) is 81.0 cm³/mol. The molecule has 0 saturated heterocycles. The Bertz CT molecular complexity index is 557. The van der Waals surface area contributed by atoms with Gasteiger partial charge in [-0.25, -0.2) is 13.1 Å². The Morgan fingerprint density at radius 2 is 1.80 bits per heavy atom. The Morgan fingerprint density at radius 3 is 2.25 bits per heavy atom. The summed E-state index contributed by atoms with van der Waals surface area (Å²) in [5, 5.41) is 10.1. The van der Waals surface area contributed by atoms with Crippen LogP contribution >= 0.6 is 0 Å². The Labute approximate surface area is 121 Å².